The summed E-state index contributed by atoms with van der Waals surface area (Å²) in [5.74, 6) is 0.192. The molecule has 0 saturated carbocycles. The molecule has 0 aliphatic heterocycles. The molecule has 33 heavy (non-hydrogen) atoms. The molecule has 2 N–H and O–H groups in total. The number of carbonyl (C=O) groups is 1. The van der Waals surface area contributed by atoms with Gasteiger partial charge in [-0.2, -0.15) is 5.26 Å². The Bertz CT molecular complexity index is 1120. The SMILES string of the molecule is CC(C)[C@@H](CNCc1cccc(Cl)c1Cl)NC(=O)Cc1cncn1Cc1ccc(C#N)cc1. The predicted octanol–water partition coefficient (Wildman–Crippen LogP) is 4.58. The number of halogens is 2. The van der Waals surface area contributed by atoms with Crippen LogP contribution in [0.2, 0.25) is 10.0 Å². The maximum atomic E-state index is 12.8. The maximum Gasteiger partial charge on any atom is 0.226 e. The van der Waals surface area contributed by atoms with E-state index in [0.717, 1.165) is 16.8 Å². The Morgan fingerprint density at radius 3 is 2.64 bits per heavy atom. The fourth-order valence-corrected chi connectivity index (χ4v) is 3.83. The van der Waals surface area contributed by atoms with E-state index in [2.05, 4.69) is 35.5 Å². The fraction of sp³-hybridized carbons (Fsp3) is 0.320. The second kappa shape index (κ2) is 11.9. The predicted molar refractivity (Wildman–Crippen MR) is 131 cm³/mol. The van der Waals surface area contributed by atoms with Gasteiger partial charge < -0.3 is 15.2 Å². The van der Waals surface area contributed by atoms with E-state index in [1.807, 2.05) is 28.8 Å². The zero-order chi connectivity index (χ0) is 23.8. The number of imidazole rings is 1. The molecule has 3 aromatic rings. The molecule has 8 heteroatoms. The molecule has 0 aliphatic carbocycles. The number of rotatable bonds is 10. The summed E-state index contributed by atoms with van der Waals surface area (Å²) in [6, 6.07) is 15.0. The van der Waals surface area contributed by atoms with E-state index < -0.39 is 0 Å². The van der Waals surface area contributed by atoms with Crippen LogP contribution in [0.1, 0.15) is 36.2 Å². The highest BCUT2D eigenvalue weighted by Gasteiger charge is 2.18. The van der Waals surface area contributed by atoms with Crippen molar-refractivity contribution in [2.24, 2.45) is 5.92 Å². The van der Waals surface area contributed by atoms with Crippen LogP contribution in [0.3, 0.4) is 0 Å². The van der Waals surface area contributed by atoms with Gasteiger partial charge >= 0.3 is 0 Å². The quantitative estimate of drug-likeness (QED) is 0.441. The molecular weight excluding hydrogens is 457 g/mol. The standard InChI is InChI=1S/C25H27Cl2N5O/c1-17(2)23(14-29-12-20-4-3-5-22(26)25(20)27)31-24(33)10-21-13-30-16-32(21)15-19-8-6-18(11-28)7-9-19/h3-9,13,16-17,23,29H,10,12,14-15H2,1-2H3,(H,31,33)/t23-/m1/s1. The first-order valence-electron chi connectivity index (χ1n) is 10.8. The van der Waals surface area contributed by atoms with E-state index in [-0.39, 0.29) is 24.3 Å². The summed E-state index contributed by atoms with van der Waals surface area (Å²) in [6.45, 7) is 5.92. The molecule has 0 bridgehead atoms. The minimum absolute atomic E-state index is 0.0367. The van der Waals surface area contributed by atoms with Gasteiger partial charge in [0.1, 0.15) is 0 Å². The first-order chi connectivity index (χ1) is 15.9. The summed E-state index contributed by atoms with van der Waals surface area (Å²) in [5.41, 5.74) is 3.41. The second-order valence-electron chi connectivity index (χ2n) is 8.26. The van der Waals surface area contributed by atoms with Gasteiger partial charge in [-0.1, -0.05) is 61.3 Å². The second-order valence-corrected chi connectivity index (χ2v) is 9.05. The van der Waals surface area contributed by atoms with E-state index in [4.69, 9.17) is 28.5 Å². The van der Waals surface area contributed by atoms with Gasteiger partial charge in [0.05, 0.1) is 34.4 Å². The number of hydrogen-bond donors (Lipinski definition) is 2. The molecule has 0 fully saturated rings. The lowest BCUT2D eigenvalue weighted by molar-refractivity contribution is -0.121. The summed E-state index contributed by atoms with van der Waals surface area (Å²) in [4.78, 5) is 17.0. The van der Waals surface area contributed by atoms with Crippen LogP contribution in [-0.4, -0.2) is 28.0 Å². The Morgan fingerprint density at radius 1 is 1.18 bits per heavy atom. The van der Waals surface area contributed by atoms with Crippen LogP contribution in [0.4, 0.5) is 0 Å². The molecule has 0 saturated heterocycles. The first kappa shape index (κ1) is 24.8. The van der Waals surface area contributed by atoms with E-state index in [1.165, 1.54) is 0 Å². The number of benzene rings is 2. The van der Waals surface area contributed by atoms with Crippen molar-refractivity contribution in [3.63, 3.8) is 0 Å². The summed E-state index contributed by atoms with van der Waals surface area (Å²) >= 11 is 12.3. The van der Waals surface area contributed by atoms with Crippen LogP contribution in [0.15, 0.2) is 55.0 Å². The van der Waals surface area contributed by atoms with E-state index in [9.17, 15) is 4.79 Å². The zero-order valence-corrected chi connectivity index (χ0v) is 20.2. The lowest BCUT2D eigenvalue weighted by Gasteiger charge is -2.23. The third-order valence-corrected chi connectivity index (χ3v) is 6.30. The van der Waals surface area contributed by atoms with Crippen molar-refractivity contribution in [2.75, 3.05) is 6.54 Å². The number of aromatic nitrogens is 2. The number of carbonyl (C=O) groups excluding carboxylic acids is 1. The van der Waals surface area contributed by atoms with Gasteiger partial charge in [0, 0.05) is 37.6 Å². The van der Waals surface area contributed by atoms with Crippen molar-refractivity contribution in [1.29, 1.82) is 5.26 Å². The molecular formula is C25H27Cl2N5O. The molecule has 1 aromatic heterocycles. The number of nitrogens with zero attached hydrogens (tertiary/aromatic N) is 3. The van der Waals surface area contributed by atoms with Crippen molar-refractivity contribution in [3.05, 3.63) is 87.4 Å². The monoisotopic (exact) mass is 483 g/mol. The van der Waals surface area contributed by atoms with Gasteiger partial charge in [-0.25, -0.2) is 4.98 Å². The van der Waals surface area contributed by atoms with E-state index in [0.29, 0.717) is 35.2 Å². The van der Waals surface area contributed by atoms with Crippen LogP contribution >= 0.6 is 23.2 Å². The Balaban J connectivity index is 1.55. The summed E-state index contributed by atoms with van der Waals surface area (Å²) < 4.78 is 1.95. The molecule has 2 aromatic carbocycles. The molecule has 172 valence electrons. The molecule has 0 aliphatic rings. The van der Waals surface area contributed by atoms with Gasteiger partial charge in [-0.15, -0.1) is 0 Å². The number of hydrogen-bond acceptors (Lipinski definition) is 4. The molecule has 6 nitrogen and oxygen atoms in total. The fourth-order valence-electron chi connectivity index (χ4n) is 3.44. The summed E-state index contributed by atoms with van der Waals surface area (Å²) in [7, 11) is 0. The Morgan fingerprint density at radius 2 is 1.94 bits per heavy atom. The largest absolute Gasteiger partial charge is 0.351 e. The molecule has 0 unspecified atom stereocenters. The van der Waals surface area contributed by atoms with Crippen LogP contribution in [0.25, 0.3) is 0 Å². The summed E-state index contributed by atoms with van der Waals surface area (Å²) in [6.07, 6.45) is 3.67. The van der Waals surface area contributed by atoms with Gasteiger partial charge in [-0.3, -0.25) is 4.79 Å². The highest BCUT2D eigenvalue weighted by atomic mass is 35.5. The highest BCUT2D eigenvalue weighted by molar-refractivity contribution is 6.42. The van der Waals surface area contributed by atoms with Crippen LogP contribution in [-0.2, 0) is 24.3 Å². The van der Waals surface area contributed by atoms with Crippen LogP contribution < -0.4 is 10.6 Å². The molecule has 0 spiro atoms. The molecule has 1 amide bonds. The third-order valence-electron chi connectivity index (χ3n) is 5.44. The topological polar surface area (TPSA) is 82.7 Å². The Labute approximate surface area is 204 Å². The number of amides is 1. The van der Waals surface area contributed by atoms with Gasteiger partial charge in [0.15, 0.2) is 0 Å². The van der Waals surface area contributed by atoms with Gasteiger partial charge in [0.25, 0.3) is 0 Å². The Kier molecular flexibility index (Phi) is 8.90. The van der Waals surface area contributed by atoms with Crippen molar-refractivity contribution in [1.82, 2.24) is 20.2 Å². The number of nitriles is 1. The lowest BCUT2D eigenvalue weighted by Crippen LogP contribution is -2.45. The molecule has 0 radical (unpaired) electrons. The minimum atomic E-state index is -0.0575. The van der Waals surface area contributed by atoms with Crippen molar-refractivity contribution in [3.8, 4) is 6.07 Å². The zero-order valence-electron chi connectivity index (χ0n) is 18.7. The van der Waals surface area contributed by atoms with Crippen molar-refractivity contribution in [2.45, 2.75) is 39.4 Å². The van der Waals surface area contributed by atoms with Crippen molar-refractivity contribution < 1.29 is 4.79 Å². The smallest absolute Gasteiger partial charge is 0.226 e. The molecule has 1 heterocycles. The number of nitrogens with one attached hydrogen (secondary N) is 2. The molecule has 3 rings (SSSR count). The van der Waals surface area contributed by atoms with Gasteiger partial charge in [0.2, 0.25) is 5.91 Å². The summed E-state index contributed by atoms with van der Waals surface area (Å²) in [5, 5.41) is 16.5. The van der Waals surface area contributed by atoms with E-state index in [1.54, 1.807) is 30.7 Å². The Hall–Kier alpha value is -2.85. The third kappa shape index (κ3) is 7.06. The van der Waals surface area contributed by atoms with Crippen LogP contribution in [0, 0.1) is 17.2 Å². The van der Waals surface area contributed by atoms with Gasteiger partial charge in [-0.05, 0) is 35.2 Å². The molecule has 1 atom stereocenters. The van der Waals surface area contributed by atoms with E-state index >= 15 is 0 Å². The normalized spacial score (nSPS) is 11.9. The lowest BCUT2D eigenvalue weighted by atomic mass is 10.0. The minimum Gasteiger partial charge on any atom is -0.351 e. The highest BCUT2D eigenvalue weighted by Crippen LogP contribution is 2.25. The van der Waals surface area contributed by atoms with Crippen molar-refractivity contribution >= 4 is 29.1 Å². The average molecular weight is 484 g/mol. The average Bonchev–Trinajstić information content (AvgIpc) is 3.22. The maximum absolute atomic E-state index is 12.8. The van der Waals surface area contributed by atoms with Crippen LogP contribution in [0.5, 0.6) is 0 Å². The first-order valence-corrected chi connectivity index (χ1v) is 11.5.